The molecule has 1 aromatic carbocycles. The van der Waals surface area contributed by atoms with Crippen molar-refractivity contribution in [2.24, 2.45) is 0 Å². The summed E-state index contributed by atoms with van der Waals surface area (Å²) < 4.78 is 5.07. The second kappa shape index (κ2) is 10.4. The first kappa shape index (κ1) is 20.5. The molecule has 0 aliphatic carbocycles. The van der Waals surface area contributed by atoms with Gasteiger partial charge < -0.3 is 15.0 Å². The first-order chi connectivity index (χ1) is 13.0. The van der Waals surface area contributed by atoms with E-state index in [9.17, 15) is 9.59 Å². The van der Waals surface area contributed by atoms with Crippen LogP contribution in [0.25, 0.3) is 0 Å². The Balaban J connectivity index is 1.68. The van der Waals surface area contributed by atoms with Gasteiger partial charge in [-0.15, -0.1) is 0 Å². The fraction of sp³-hybridized carbons (Fsp3) is 0.316. The Hall–Kier alpha value is -2.80. The van der Waals surface area contributed by atoms with Crippen LogP contribution >= 0.6 is 11.6 Å². The fourth-order valence-corrected chi connectivity index (χ4v) is 2.38. The third-order valence-corrected chi connectivity index (χ3v) is 4.23. The van der Waals surface area contributed by atoms with Gasteiger partial charge in [0.25, 0.3) is 0 Å². The first-order valence-electron chi connectivity index (χ1n) is 8.60. The Labute approximate surface area is 163 Å². The average Bonchev–Trinajstić information content (AvgIpc) is 2.67. The zero-order chi connectivity index (χ0) is 19.6. The highest BCUT2D eigenvalue weighted by atomic mass is 35.5. The van der Waals surface area contributed by atoms with Crippen LogP contribution in [0.5, 0.6) is 0 Å². The summed E-state index contributed by atoms with van der Waals surface area (Å²) in [5.41, 5.74) is 1.91. The van der Waals surface area contributed by atoms with Crippen LogP contribution in [0.2, 0.25) is 5.02 Å². The second-order valence-electron chi connectivity index (χ2n) is 5.84. The van der Waals surface area contributed by atoms with Gasteiger partial charge in [-0.2, -0.15) is 0 Å². The van der Waals surface area contributed by atoms with E-state index < -0.39 is 6.09 Å². The number of benzene rings is 1. The minimum absolute atomic E-state index is 0.0644. The highest BCUT2D eigenvalue weighted by molar-refractivity contribution is 6.31. The molecule has 2 rings (SSSR count). The zero-order valence-electron chi connectivity index (χ0n) is 15.4. The van der Waals surface area contributed by atoms with E-state index in [1.54, 1.807) is 25.4 Å². The maximum atomic E-state index is 12.1. The first-order valence-corrected chi connectivity index (χ1v) is 8.98. The van der Waals surface area contributed by atoms with Crippen molar-refractivity contribution in [2.75, 3.05) is 25.5 Å². The normalized spacial score (nSPS) is 10.2. The molecule has 0 spiro atoms. The predicted octanol–water partition coefficient (Wildman–Crippen LogP) is 3.69. The highest BCUT2D eigenvalue weighted by Gasteiger charge is 2.10. The molecule has 1 aromatic heterocycles. The molecule has 0 aliphatic rings. The number of carbonyl (C=O) groups is 2. The summed E-state index contributed by atoms with van der Waals surface area (Å²) in [4.78, 5) is 29.4. The van der Waals surface area contributed by atoms with Crippen LogP contribution in [0.15, 0.2) is 42.6 Å². The van der Waals surface area contributed by atoms with Gasteiger partial charge in [-0.05, 0) is 29.7 Å². The van der Waals surface area contributed by atoms with Crippen molar-refractivity contribution < 1.29 is 14.3 Å². The number of pyridine rings is 1. The number of hydrogen-bond acceptors (Lipinski definition) is 4. The number of nitrogens with zero attached hydrogens (tertiary/aromatic N) is 2. The Morgan fingerprint density at radius 3 is 2.67 bits per heavy atom. The van der Waals surface area contributed by atoms with E-state index in [1.165, 1.54) is 4.90 Å². The standard InChI is InChI=1S/C19H23ClN4O3/c1-3-14-8-9-17(21-12-14)23-19(26)27-11-10-24(2)18(25)22-13-15-6-4-5-7-16(15)20/h4-9,12H,3,10-11,13H2,1-2H3,(H,22,25)(H,21,23,26). The van der Waals surface area contributed by atoms with Crippen LogP contribution in [-0.4, -0.2) is 42.2 Å². The molecule has 0 bridgehead atoms. The lowest BCUT2D eigenvalue weighted by Gasteiger charge is -2.18. The number of hydrogen-bond donors (Lipinski definition) is 2. The number of ether oxygens (including phenoxy) is 1. The van der Waals surface area contributed by atoms with Crippen molar-refractivity contribution in [2.45, 2.75) is 19.9 Å². The number of amides is 3. The lowest BCUT2D eigenvalue weighted by atomic mass is 10.2. The van der Waals surface area contributed by atoms with E-state index >= 15 is 0 Å². The maximum absolute atomic E-state index is 12.1. The number of nitrogens with one attached hydrogen (secondary N) is 2. The van der Waals surface area contributed by atoms with Crippen LogP contribution in [0.4, 0.5) is 15.4 Å². The van der Waals surface area contributed by atoms with Gasteiger partial charge in [0.05, 0.1) is 6.54 Å². The minimum atomic E-state index is -0.614. The molecule has 8 heteroatoms. The largest absolute Gasteiger partial charge is 0.447 e. The van der Waals surface area contributed by atoms with Crippen molar-refractivity contribution in [3.8, 4) is 0 Å². The van der Waals surface area contributed by atoms with Crippen molar-refractivity contribution in [3.63, 3.8) is 0 Å². The van der Waals surface area contributed by atoms with Crippen molar-refractivity contribution >= 4 is 29.5 Å². The summed E-state index contributed by atoms with van der Waals surface area (Å²) in [6, 6.07) is 10.6. The van der Waals surface area contributed by atoms with Crippen molar-refractivity contribution in [3.05, 3.63) is 58.7 Å². The van der Waals surface area contributed by atoms with E-state index in [-0.39, 0.29) is 19.2 Å². The lowest BCUT2D eigenvalue weighted by molar-refractivity contribution is 0.146. The molecule has 0 saturated heterocycles. The van der Waals surface area contributed by atoms with Crippen molar-refractivity contribution in [1.29, 1.82) is 0 Å². The molecule has 3 amide bonds. The van der Waals surface area contributed by atoms with E-state index in [0.717, 1.165) is 17.5 Å². The summed E-state index contributed by atoms with van der Waals surface area (Å²) in [5, 5.41) is 5.91. The van der Waals surface area contributed by atoms with Gasteiger partial charge >= 0.3 is 12.1 Å². The Morgan fingerprint density at radius 1 is 1.22 bits per heavy atom. The molecule has 0 saturated carbocycles. The summed E-state index contributed by atoms with van der Waals surface area (Å²) in [7, 11) is 1.62. The van der Waals surface area contributed by atoms with Gasteiger partial charge in [0.1, 0.15) is 12.4 Å². The monoisotopic (exact) mass is 390 g/mol. The molecular formula is C19H23ClN4O3. The van der Waals surface area contributed by atoms with Gasteiger partial charge in [-0.25, -0.2) is 14.6 Å². The molecule has 7 nitrogen and oxygen atoms in total. The zero-order valence-corrected chi connectivity index (χ0v) is 16.1. The fourth-order valence-electron chi connectivity index (χ4n) is 2.17. The number of halogens is 1. The van der Waals surface area contributed by atoms with Crippen molar-refractivity contribution in [1.82, 2.24) is 15.2 Å². The third kappa shape index (κ3) is 6.79. The number of urea groups is 1. The molecule has 0 unspecified atom stereocenters. The molecule has 144 valence electrons. The SMILES string of the molecule is CCc1ccc(NC(=O)OCCN(C)C(=O)NCc2ccccc2Cl)nc1. The van der Waals surface area contributed by atoms with Crippen LogP contribution in [0, 0.1) is 0 Å². The minimum Gasteiger partial charge on any atom is -0.447 e. The van der Waals surface area contributed by atoms with Gasteiger partial charge in [0.2, 0.25) is 0 Å². The Kier molecular flexibility index (Phi) is 7.88. The van der Waals surface area contributed by atoms with Gasteiger partial charge in [0.15, 0.2) is 0 Å². The van der Waals surface area contributed by atoms with E-state index in [4.69, 9.17) is 16.3 Å². The molecule has 2 N–H and O–H groups in total. The second-order valence-corrected chi connectivity index (χ2v) is 6.25. The quantitative estimate of drug-likeness (QED) is 0.755. The van der Waals surface area contributed by atoms with Crippen LogP contribution in [0.1, 0.15) is 18.1 Å². The smallest absolute Gasteiger partial charge is 0.412 e. The number of likely N-dealkylation sites (N-methyl/N-ethyl adjacent to an activating group) is 1. The number of carbonyl (C=O) groups excluding carboxylic acids is 2. The van der Waals surface area contributed by atoms with E-state index in [2.05, 4.69) is 15.6 Å². The summed E-state index contributed by atoms with van der Waals surface area (Å²) in [6.07, 6.45) is 1.96. The lowest BCUT2D eigenvalue weighted by Crippen LogP contribution is -2.39. The molecule has 0 aliphatic heterocycles. The topological polar surface area (TPSA) is 83.6 Å². The molecule has 0 fully saturated rings. The number of anilines is 1. The Bertz CT molecular complexity index is 768. The van der Waals surface area contributed by atoms with Gasteiger partial charge in [0, 0.05) is 24.8 Å². The highest BCUT2D eigenvalue weighted by Crippen LogP contribution is 2.14. The molecule has 0 atom stereocenters. The van der Waals surface area contributed by atoms with Gasteiger partial charge in [-0.1, -0.05) is 42.8 Å². The summed E-state index contributed by atoms with van der Waals surface area (Å²) in [6.45, 7) is 2.67. The predicted molar refractivity (Wildman–Crippen MR) is 105 cm³/mol. The van der Waals surface area contributed by atoms with Crippen LogP contribution in [-0.2, 0) is 17.7 Å². The molecule has 1 heterocycles. The average molecular weight is 391 g/mol. The molecular weight excluding hydrogens is 368 g/mol. The van der Waals surface area contributed by atoms with Gasteiger partial charge in [-0.3, -0.25) is 5.32 Å². The number of rotatable bonds is 7. The van der Waals surface area contributed by atoms with E-state index in [0.29, 0.717) is 17.4 Å². The summed E-state index contributed by atoms with van der Waals surface area (Å²) in [5.74, 6) is 0.419. The van der Waals surface area contributed by atoms with Crippen LogP contribution in [0.3, 0.4) is 0 Å². The maximum Gasteiger partial charge on any atom is 0.412 e. The molecule has 27 heavy (non-hydrogen) atoms. The van der Waals surface area contributed by atoms with E-state index in [1.807, 2.05) is 31.2 Å². The number of aryl methyl sites for hydroxylation is 1. The third-order valence-electron chi connectivity index (χ3n) is 3.86. The molecule has 2 aromatic rings. The summed E-state index contributed by atoms with van der Waals surface area (Å²) >= 11 is 6.05. The number of aromatic nitrogens is 1. The van der Waals surface area contributed by atoms with Crippen LogP contribution < -0.4 is 10.6 Å². The molecule has 0 radical (unpaired) electrons. The Morgan fingerprint density at radius 2 is 2.00 bits per heavy atom.